The van der Waals surface area contributed by atoms with Crippen molar-refractivity contribution in [3.63, 3.8) is 0 Å². The fourth-order valence-electron chi connectivity index (χ4n) is 5.70. The molecule has 33 heteroatoms. The minimum Gasteiger partial charge on any atom is 0 e. The molecule has 0 bridgehead atoms. The van der Waals surface area contributed by atoms with Crippen molar-refractivity contribution in [1.29, 1.82) is 0 Å². The third-order valence-corrected chi connectivity index (χ3v) is 20.6. The van der Waals surface area contributed by atoms with E-state index in [4.69, 9.17) is 0 Å². The second kappa shape index (κ2) is 20.5. The molecule has 6 aromatic carbocycles. The van der Waals surface area contributed by atoms with Gasteiger partial charge in [0.25, 0.3) is 0 Å². The van der Waals surface area contributed by atoms with Crippen molar-refractivity contribution in [3.05, 3.63) is 175 Å². The van der Waals surface area contributed by atoms with E-state index in [1.165, 1.54) is 0 Å². The zero-order chi connectivity index (χ0) is 51.9. The number of hydrogen-bond acceptors (Lipinski definition) is 0. The molecule has 0 heterocycles. The molecule has 0 N–H and O–H groups in total. The summed E-state index contributed by atoms with van der Waals surface area (Å²) in [4.78, 5) is 0. The zero-order valence-electron chi connectivity index (χ0n) is 31.0. The predicted octanol–water partition coefficient (Wildman–Crippen LogP) is 8.58. The maximum atomic E-state index is 14.4. The first-order valence-electron chi connectivity index (χ1n) is 16.2. The average molecular weight is 1260 g/mol. The van der Waals surface area contributed by atoms with Crippen molar-refractivity contribution in [2.45, 2.75) is 0 Å². The molecule has 6 rings (SSSR count). The van der Waals surface area contributed by atoms with Gasteiger partial charge >= 0.3 is 361 Å². The molecular formula is C36CdF30Ge2. The number of hydrogen-bond donors (Lipinski definition) is 0. The Morgan fingerprint density at radius 2 is 0.174 bits per heavy atom. The first-order valence-corrected chi connectivity index (χ1v) is 22.5. The molecule has 0 unspecified atom stereocenters. The maximum Gasteiger partial charge on any atom is 0 e. The Morgan fingerprint density at radius 1 is 0.116 bits per heavy atom. The van der Waals surface area contributed by atoms with Crippen molar-refractivity contribution >= 4 is 55.1 Å². The summed E-state index contributed by atoms with van der Waals surface area (Å²) in [6.45, 7) is 0. The van der Waals surface area contributed by atoms with E-state index < -0.39 is 230 Å². The number of benzene rings is 6. The maximum absolute atomic E-state index is 14.4. The van der Waals surface area contributed by atoms with Crippen LogP contribution in [0.1, 0.15) is 0 Å². The Hall–Kier alpha value is -4.77. The third-order valence-electron chi connectivity index (χ3n) is 8.76. The monoisotopic (exact) mass is 1260 g/mol. The van der Waals surface area contributed by atoms with E-state index in [1.54, 1.807) is 0 Å². The first kappa shape index (κ1) is 56.8. The van der Waals surface area contributed by atoms with Gasteiger partial charge in [0.15, 0.2) is 0 Å². The van der Waals surface area contributed by atoms with Gasteiger partial charge in [0.1, 0.15) is 0 Å². The Bertz CT molecular complexity index is 2450. The Balaban J connectivity index is 0.000000296. The molecule has 69 heavy (non-hydrogen) atoms. The van der Waals surface area contributed by atoms with Gasteiger partial charge in [-0.15, -0.1) is 0 Å². The van der Waals surface area contributed by atoms with Crippen LogP contribution in [-0.4, -0.2) is 28.7 Å². The molecule has 0 saturated carbocycles. The van der Waals surface area contributed by atoms with Crippen molar-refractivity contribution in [2.24, 2.45) is 0 Å². The van der Waals surface area contributed by atoms with Crippen LogP contribution in [-0.2, 0) is 27.3 Å². The molecule has 0 amide bonds. The summed E-state index contributed by atoms with van der Waals surface area (Å²) in [6.07, 6.45) is 0. The summed E-state index contributed by atoms with van der Waals surface area (Å²) in [5.41, 5.74) is 0. The molecule has 6 aromatic rings. The van der Waals surface area contributed by atoms with Gasteiger partial charge < -0.3 is 0 Å². The van der Waals surface area contributed by atoms with Crippen LogP contribution in [0.5, 0.6) is 0 Å². The minimum absolute atomic E-state index is 0. The SMILES string of the molecule is Fc1c(F)c(F)[c]([Ge]([c]2c(F)c(F)c(F)c(F)c2F)[c]2c(F)c(F)c(F)c(F)c2F)c(F)c1F.Fc1c(F)c(F)[c]([Ge]([c]2c(F)c(F)c(F)c(F)c2F)[c]2c(F)c(F)c(F)c(F)c2F)c(F)c1F.[Cd]. The molecule has 364 valence electrons. The van der Waals surface area contributed by atoms with Gasteiger partial charge in [-0.25, -0.2) is 0 Å². The number of halogens is 30. The molecule has 2 radical (unpaired) electrons. The molecule has 0 atom stereocenters. The molecule has 0 aromatic heterocycles. The van der Waals surface area contributed by atoms with Gasteiger partial charge in [-0.2, -0.15) is 0 Å². The van der Waals surface area contributed by atoms with Crippen LogP contribution >= 0.6 is 0 Å². The van der Waals surface area contributed by atoms with Gasteiger partial charge in [-0.1, -0.05) is 0 Å². The molecule has 0 aliphatic heterocycles. The van der Waals surface area contributed by atoms with Crippen molar-refractivity contribution < 1.29 is 159 Å². The minimum atomic E-state index is -6.37. The Labute approximate surface area is 387 Å². The fraction of sp³-hybridized carbons (Fsp3) is 0. The summed E-state index contributed by atoms with van der Waals surface area (Å²) in [6, 6.07) is 0. The van der Waals surface area contributed by atoms with Crippen LogP contribution in [0.4, 0.5) is 132 Å². The standard InChI is InChI=1S/2C18F15Ge.Cd/c2*19-1-4(22)10(28)16(11(29)5(1)23)34(17-12(30)6(24)2(20)7(25)13(17)31)18-14(32)8(26)3(21)9(27)15(18)33;. The molecule has 0 aliphatic carbocycles. The normalized spacial score (nSPS) is 11.5. The van der Waals surface area contributed by atoms with Crippen LogP contribution < -0.4 is 26.4 Å². The van der Waals surface area contributed by atoms with Crippen LogP contribution in [0.3, 0.4) is 0 Å². The van der Waals surface area contributed by atoms with Crippen LogP contribution in [0, 0.1) is 175 Å². The molecule has 0 nitrogen and oxygen atoms in total. The van der Waals surface area contributed by atoms with E-state index in [1.807, 2.05) is 0 Å². The molecule has 0 aliphatic rings. The average Bonchev–Trinajstić information content (AvgIpc) is 3.31. The van der Waals surface area contributed by atoms with Crippen LogP contribution in [0.25, 0.3) is 0 Å². The second-order valence-corrected chi connectivity index (χ2v) is 21.9. The van der Waals surface area contributed by atoms with E-state index in [2.05, 4.69) is 0 Å². The van der Waals surface area contributed by atoms with Gasteiger partial charge in [0, 0.05) is 27.3 Å². The predicted molar refractivity (Wildman–Crippen MR) is 167 cm³/mol. The molecule has 0 fully saturated rings. The molecular weight excluding hydrogens is 1260 g/mol. The van der Waals surface area contributed by atoms with Crippen LogP contribution in [0.15, 0.2) is 0 Å². The first-order chi connectivity index (χ1) is 31.3. The van der Waals surface area contributed by atoms with Gasteiger partial charge in [0.05, 0.1) is 0 Å². The quantitative estimate of drug-likeness (QED) is 0.0680. The van der Waals surface area contributed by atoms with Gasteiger partial charge in [-0.3, -0.25) is 0 Å². The fourth-order valence-corrected chi connectivity index (χ4v) is 17.1. The van der Waals surface area contributed by atoms with Crippen LogP contribution in [0.2, 0.25) is 0 Å². The number of rotatable bonds is 6. The summed E-state index contributed by atoms with van der Waals surface area (Å²) in [7, 11) is 0. The van der Waals surface area contributed by atoms with Crippen molar-refractivity contribution in [3.8, 4) is 0 Å². The topological polar surface area (TPSA) is 0 Å². The molecule has 0 saturated heterocycles. The molecule has 0 spiro atoms. The summed E-state index contributed by atoms with van der Waals surface area (Å²) >= 11 is -12.7. The van der Waals surface area contributed by atoms with Crippen molar-refractivity contribution in [1.82, 2.24) is 0 Å². The van der Waals surface area contributed by atoms with E-state index in [0.29, 0.717) is 0 Å². The zero-order valence-corrected chi connectivity index (χ0v) is 39.3. The van der Waals surface area contributed by atoms with E-state index in [0.717, 1.165) is 0 Å². The summed E-state index contributed by atoms with van der Waals surface area (Å²) in [5.74, 6) is -88.9. The Morgan fingerprint density at radius 3 is 0.246 bits per heavy atom. The van der Waals surface area contributed by atoms with Gasteiger partial charge in [0.2, 0.25) is 0 Å². The van der Waals surface area contributed by atoms with E-state index in [-0.39, 0.29) is 27.3 Å². The summed E-state index contributed by atoms with van der Waals surface area (Å²) in [5, 5.41) is 0. The van der Waals surface area contributed by atoms with E-state index >= 15 is 0 Å². The Kier molecular flexibility index (Phi) is 16.9. The van der Waals surface area contributed by atoms with Gasteiger partial charge in [-0.05, 0) is 0 Å². The largest absolute Gasteiger partial charge is 0 e. The third kappa shape index (κ3) is 8.90. The second-order valence-electron chi connectivity index (χ2n) is 12.4. The summed E-state index contributed by atoms with van der Waals surface area (Å²) < 4.78 is 403. The van der Waals surface area contributed by atoms with E-state index in [9.17, 15) is 132 Å². The smallest absolute Gasteiger partial charge is 0 e. The van der Waals surface area contributed by atoms with Crippen molar-refractivity contribution in [2.75, 3.05) is 0 Å².